The van der Waals surface area contributed by atoms with E-state index in [4.69, 9.17) is 4.98 Å². The van der Waals surface area contributed by atoms with Crippen molar-refractivity contribution in [3.8, 4) is 0 Å². The highest BCUT2D eigenvalue weighted by atomic mass is 19.1. The number of hydrogen-bond donors (Lipinski definition) is 0. The molecule has 7 aromatic rings. The number of benzene rings is 6. The second-order valence-corrected chi connectivity index (χ2v) is 11.9. The molecular weight excluding hydrogens is 668 g/mol. The molecule has 7 heteroatoms. The summed E-state index contributed by atoms with van der Waals surface area (Å²) in [6.45, 7) is 0. The average molecular weight is 696 g/mol. The van der Waals surface area contributed by atoms with Gasteiger partial charge in [-0.15, -0.1) is 0 Å². The van der Waals surface area contributed by atoms with Gasteiger partial charge < -0.3 is 0 Å². The summed E-state index contributed by atoms with van der Waals surface area (Å²) in [6, 6.07) is 40.4. The summed E-state index contributed by atoms with van der Waals surface area (Å²) in [5, 5.41) is 0. The van der Waals surface area contributed by atoms with Crippen LogP contribution in [0.3, 0.4) is 0 Å². The molecule has 1 aromatic heterocycles. The van der Waals surface area contributed by atoms with Crippen LogP contribution in [-0.2, 0) is 0 Å². The summed E-state index contributed by atoms with van der Waals surface area (Å²) in [5.41, 5.74) is 6.54. The molecule has 0 fully saturated rings. The predicted molar refractivity (Wildman–Crippen MR) is 193 cm³/mol. The van der Waals surface area contributed by atoms with Gasteiger partial charge in [-0.25, -0.2) is 31.3 Å². The van der Waals surface area contributed by atoms with Crippen molar-refractivity contribution in [3.63, 3.8) is 0 Å². The largest absolute Gasteiger partial charge is 0.248 e. The summed E-state index contributed by atoms with van der Waals surface area (Å²) < 4.78 is 85.6. The second-order valence-electron chi connectivity index (χ2n) is 11.9. The van der Waals surface area contributed by atoms with Crippen LogP contribution < -0.4 is 0 Å². The molecule has 0 saturated carbocycles. The fourth-order valence-electron chi connectivity index (χ4n) is 6.16. The van der Waals surface area contributed by atoms with Crippen molar-refractivity contribution in [1.82, 2.24) is 4.98 Å². The van der Waals surface area contributed by atoms with E-state index in [0.717, 1.165) is 0 Å². The molecule has 0 amide bonds. The monoisotopic (exact) mass is 695 g/mol. The van der Waals surface area contributed by atoms with Gasteiger partial charge in [-0.2, -0.15) is 0 Å². The van der Waals surface area contributed by atoms with Gasteiger partial charge in [0.25, 0.3) is 0 Å². The fraction of sp³-hybridized carbons (Fsp3) is 0. The van der Waals surface area contributed by atoms with Gasteiger partial charge in [0.15, 0.2) is 0 Å². The van der Waals surface area contributed by atoms with Crippen molar-refractivity contribution in [2.24, 2.45) is 0 Å². The van der Waals surface area contributed by atoms with Gasteiger partial charge in [-0.3, -0.25) is 0 Å². The van der Waals surface area contributed by atoms with Gasteiger partial charge in [0.1, 0.15) is 34.9 Å². The minimum absolute atomic E-state index is 0.421. The third-order valence-corrected chi connectivity index (χ3v) is 8.56. The van der Waals surface area contributed by atoms with E-state index in [1.165, 1.54) is 72.8 Å². The Morgan fingerprint density at radius 3 is 0.654 bits per heavy atom. The maximum Gasteiger partial charge on any atom is 0.123 e. The fourth-order valence-corrected chi connectivity index (χ4v) is 6.16. The lowest BCUT2D eigenvalue weighted by molar-refractivity contribution is 0.627. The molecule has 1 heterocycles. The lowest BCUT2D eigenvalue weighted by atomic mass is 9.86. The Labute approximate surface area is 296 Å². The smallest absolute Gasteiger partial charge is 0.123 e. The van der Waals surface area contributed by atoms with Crippen LogP contribution >= 0.6 is 0 Å². The van der Waals surface area contributed by atoms with E-state index >= 15 is 0 Å². The molecule has 0 aliphatic rings. The number of rotatable bonds is 8. The Hall–Kier alpha value is -6.47. The van der Waals surface area contributed by atoms with Crippen LogP contribution in [0.1, 0.15) is 44.8 Å². The Morgan fingerprint density at radius 2 is 0.442 bits per heavy atom. The molecule has 0 radical (unpaired) electrons. The van der Waals surface area contributed by atoms with Crippen molar-refractivity contribution in [2.75, 3.05) is 0 Å². The van der Waals surface area contributed by atoms with Crippen LogP contribution in [0, 0.1) is 34.9 Å². The molecule has 0 saturated heterocycles. The quantitative estimate of drug-likeness (QED) is 0.114. The molecule has 1 nitrogen and oxygen atoms in total. The van der Waals surface area contributed by atoms with Crippen LogP contribution in [0.25, 0.3) is 22.3 Å². The number of halogens is 6. The first kappa shape index (κ1) is 34.0. The summed E-state index contributed by atoms with van der Waals surface area (Å²) in [4.78, 5) is 5.19. The molecule has 7 rings (SSSR count). The van der Waals surface area contributed by atoms with E-state index in [9.17, 15) is 26.3 Å². The maximum atomic E-state index is 14.3. The zero-order valence-corrected chi connectivity index (χ0v) is 27.3. The zero-order valence-electron chi connectivity index (χ0n) is 27.3. The van der Waals surface area contributed by atoms with E-state index in [-0.39, 0.29) is 0 Å². The van der Waals surface area contributed by atoms with Crippen molar-refractivity contribution >= 4 is 22.3 Å². The summed E-state index contributed by atoms with van der Waals surface area (Å²) in [7, 11) is 0. The van der Waals surface area contributed by atoms with E-state index in [0.29, 0.717) is 67.1 Å². The van der Waals surface area contributed by atoms with Crippen LogP contribution in [0.4, 0.5) is 26.3 Å². The molecule has 0 aliphatic heterocycles. The zero-order chi connectivity index (χ0) is 36.2. The van der Waals surface area contributed by atoms with Crippen LogP contribution in [-0.4, -0.2) is 4.98 Å². The van der Waals surface area contributed by atoms with E-state index < -0.39 is 34.9 Å². The van der Waals surface area contributed by atoms with Crippen LogP contribution in [0.15, 0.2) is 164 Å². The number of aromatic nitrogens is 1. The number of hydrogen-bond acceptors (Lipinski definition) is 1. The predicted octanol–water partition coefficient (Wildman–Crippen LogP) is 11.9. The molecule has 0 atom stereocenters. The lowest BCUT2D eigenvalue weighted by Gasteiger charge is -2.20. The Morgan fingerprint density at radius 1 is 0.250 bits per heavy atom. The minimum atomic E-state index is -0.459. The number of pyridine rings is 1. The molecule has 0 spiro atoms. The molecule has 254 valence electrons. The molecule has 0 bridgehead atoms. The highest BCUT2D eigenvalue weighted by molar-refractivity contribution is 6.06. The summed E-state index contributed by atoms with van der Waals surface area (Å²) >= 11 is 0. The standard InChI is InChI=1S/C45H27F6N/c46-34-16-4-28(5-17-34)42(29-6-18-35(47)19-7-29)44(32-12-24-38(50)25-13-32)40-2-1-3-41(52-40)45(33-14-26-39(51)27-15-33)43(30-8-20-36(48)21-9-30)31-10-22-37(49)23-11-31/h1-27H. The Bertz CT molecular complexity index is 2130. The highest BCUT2D eigenvalue weighted by Crippen LogP contribution is 2.40. The molecular formula is C45H27F6N. The second kappa shape index (κ2) is 14.8. The van der Waals surface area contributed by atoms with Gasteiger partial charge in [-0.05, 0) is 129 Å². The average Bonchev–Trinajstić information content (AvgIpc) is 3.16. The summed E-state index contributed by atoms with van der Waals surface area (Å²) in [6.07, 6.45) is 0. The van der Waals surface area contributed by atoms with Gasteiger partial charge in [0.05, 0.1) is 11.4 Å². The third-order valence-electron chi connectivity index (χ3n) is 8.56. The molecule has 0 unspecified atom stereocenters. The molecule has 52 heavy (non-hydrogen) atoms. The van der Waals surface area contributed by atoms with E-state index in [1.807, 2.05) is 0 Å². The first-order valence-corrected chi connectivity index (χ1v) is 16.3. The SMILES string of the molecule is Fc1ccc(C(=C(c2ccc(F)cc2)c2cccc(C(=C(c3ccc(F)cc3)c3ccc(F)cc3)c3ccc(F)cc3)n2)c2ccc(F)cc2)cc1. The van der Waals surface area contributed by atoms with E-state index in [2.05, 4.69) is 0 Å². The van der Waals surface area contributed by atoms with E-state index in [1.54, 1.807) is 91.0 Å². The molecule has 0 N–H and O–H groups in total. The number of nitrogens with zero attached hydrogens (tertiary/aromatic N) is 1. The van der Waals surface area contributed by atoms with Crippen LogP contribution in [0.2, 0.25) is 0 Å². The Balaban J connectivity index is 1.58. The highest BCUT2D eigenvalue weighted by Gasteiger charge is 2.22. The molecule has 0 aliphatic carbocycles. The Kier molecular flexibility index (Phi) is 9.67. The van der Waals surface area contributed by atoms with Gasteiger partial charge in [-0.1, -0.05) is 78.9 Å². The topological polar surface area (TPSA) is 12.9 Å². The van der Waals surface area contributed by atoms with Gasteiger partial charge in [0, 0.05) is 11.1 Å². The first-order valence-electron chi connectivity index (χ1n) is 16.3. The maximum absolute atomic E-state index is 14.3. The van der Waals surface area contributed by atoms with Crippen molar-refractivity contribution in [1.29, 1.82) is 0 Å². The van der Waals surface area contributed by atoms with Crippen molar-refractivity contribution in [2.45, 2.75) is 0 Å². The van der Waals surface area contributed by atoms with Crippen LogP contribution in [0.5, 0.6) is 0 Å². The van der Waals surface area contributed by atoms with Crippen molar-refractivity contribution in [3.05, 3.63) is 243 Å². The normalized spacial score (nSPS) is 10.9. The third kappa shape index (κ3) is 7.35. The van der Waals surface area contributed by atoms with Gasteiger partial charge >= 0.3 is 0 Å². The molecule has 6 aromatic carbocycles. The van der Waals surface area contributed by atoms with Gasteiger partial charge in [0.2, 0.25) is 0 Å². The summed E-state index contributed by atoms with van der Waals surface area (Å²) in [5.74, 6) is -2.72. The first-order chi connectivity index (χ1) is 25.2. The lowest BCUT2D eigenvalue weighted by Crippen LogP contribution is -2.04. The minimum Gasteiger partial charge on any atom is -0.248 e. The van der Waals surface area contributed by atoms with Crippen molar-refractivity contribution < 1.29 is 26.3 Å².